The molecule has 4 rings (SSSR count). The van der Waals surface area contributed by atoms with Gasteiger partial charge in [-0.25, -0.2) is 0 Å². The molecule has 1 aromatic heterocycles. The van der Waals surface area contributed by atoms with Crippen molar-refractivity contribution >= 4 is 11.7 Å². The molecule has 166 valence electrons. The zero-order valence-electron chi connectivity index (χ0n) is 19.0. The first-order valence-corrected chi connectivity index (χ1v) is 11.2. The van der Waals surface area contributed by atoms with Crippen LogP contribution in [0.4, 0.5) is 5.82 Å². The average molecular weight is 431 g/mol. The van der Waals surface area contributed by atoms with Crippen molar-refractivity contribution in [3.05, 3.63) is 71.8 Å². The Bertz CT molecular complexity index is 1040. The monoisotopic (exact) mass is 430 g/mol. The molecule has 0 atom stereocenters. The summed E-state index contributed by atoms with van der Waals surface area (Å²) in [5, 5.41) is 8.79. The van der Waals surface area contributed by atoms with Crippen molar-refractivity contribution in [1.82, 2.24) is 15.1 Å². The van der Waals surface area contributed by atoms with E-state index in [9.17, 15) is 4.79 Å². The first-order valence-electron chi connectivity index (χ1n) is 11.2. The second kappa shape index (κ2) is 9.81. The van der Waals surface area contributed by atoms with E-state index in [1.54, 1.807) is 0 Å². The van der Waals surface area contributed by atoms with Crippen LogP contribution in [0.15, 0.2) is 60.7 Å². The first kappa shape index (κ1) is 21.8. The number of aryl methyl sites for hydroxylation is 1. The largest absolute Gasteiger partial charge is 0.483 e. The van der Waals surface area contributed by atoms with Crippen LogP contribution in [0.25, 0.3) is 11.3 Å². The molecule has 0 bridgehead atoms. The Labute approximate surface area is 189 Å². The molecule has 2 heterocycles. The highest BCUT2D eigenvalue weighted by Gasteiger charge is 2.23. The maximum absolute atomic E-state index is 12.7. The van der Waals surface area contributed by atoms with Crippen LogP contribution < -0.4 is 9.64 Å². The second-order valence-corrected chi connectivity index (χ2v) is 8.50. The second-order valence-electron chi connectivity index (χ2n) is 8.50. The molecular weight excluding hydrogens is 400 g/mol. The number of aromatic nitrogens is 2. The van der Waals surface area contributed by atoms with E-state index in [1.165, 1.54) is 0 Å². The number of ether oxygens (including phenoxy) is 1. The van der Waals surface area contributed by atoms with Crippen LogP contribution in [-0.4, -0.2) is 53.8 Å². The van der Waals surface area contributed by atoms with Gasteiger partial charge in [-0.15, -0.1) is 10.2 Å². The van der Waals surface area contributed by atoms with Gasteiger partial charge in [-0.2, -0.15) is 0 Å². The summed E-state index contributed by atoms with van der Waals surface area (Å²) in [4.78, 5) is 16.8. The number of nitrogens with zero attached hydrogens (tertiary/aromatic N) is 4. The number of piperazine rings is 1. The molecule has 0 N–H and O–H groups in total. The highest BCUT2D eigenvalue weighted by molar-refractivity contribution is 5.78. The van der Waals surface area contributed by atoms with Gasteiger partial charge in [0, 0.05) is 31.7 Å². The van der Waals surface area contributed by atoms with E-state index in [0.29, 0.717) is 19.0 Å². The molecule has 0 unspecified atom stereocenters. The summed E-state index contributed by atoms with van der Waals surface area (Å²) in [6.07, 6.45) is 0. The summed E-state index contributed by atoms with van der Waals surface area (Å²) < 4.78 is 5.93. The smallest absolute Gasteiger partial charge is 0.260 e. The molecule has 0 spiro atoms. The SMILES string of the molecule is Cc1ccc(C(C)C)c(OCC(=O)N2CCN(c3ccc(-c4ccccc4)nn3)CC2)c1. The minimum atomic E-state index is 0.0198. The zero-order chi connectivity index (χ0) is 22.5. The number of carbonyl (C=O) groups is 1. The standard InChI is InChI=1S/C26H30N4O2/c1-19(2)22-10-9-20(3)17-24(22)32-18-26(31)30-15-13-29(14-16-30)25-12-11-23(27-28-25)21-7-5-4-6-8-21/h4-12,17,19H,13-16,18H2,1-3H3. The van der Waals surface area contributed by atoms with Crippen LogP contribution in [0.5, 0.6) is 5.75 Å². The molecule has 1 fully saturated rings. The fraction of sp³-hybridized carbons (Fsp3) is 0.346. The highest BCUT2D eigenvalue weighted by Crippen LogP contribution is 2.27. The van der Waals surface area contributed by atoms with Crippen LogP contribution >= 0.6 is 0 Å². The molecule has 6 heteroatoms. The Morgan fingerprint density at radius 3 is 2.38 bits per heavy atom. The van der Waals surface area contributed by atoms with Gasteiger partial charge < -0.3 is 14.5 Å². The lowest BCUT2D eigenvalue weighted by molar-refractivity contribution is -0.133. The van der Waals surface area contributed by atoms with Gasteiger partial charge in [0.2, 0.25) is 0 Å². The Morgan fingerprint density at radius 1 is 0.969 bits per heavy atom. The van der Waals surface area contributed by atoms with Gasteiger partial charge in [0.1, 0.15) is 5.75 Å². The fourth-order valence-electron chi connectivity index (χ4n) is 3.92. The summed E-state index contributed by atoms with van der Waals surface area (Å²) in [6.45, 7) is 9.12. The van der Waals surface area contributed by atoms with Crippen molar-refractivity contribution in [2.45, 2.75) is 26.7 Å². The molecule has 0 radical (unpaired) electrons. The van der Waals surface area contributed by atoms with Crippen LogP contribution in [0, 0.1) is 6.92 Å². The number of amides is 1. The molecule has 1 aliphatic heterocycles. The minimum Gasteiger partial charge on any atom is -0.483 e. The topological polar surface area (TPSA) is 58.6 Å². The molecule has 3 aromatic rings. The quantitative estimate of drug-likeness (QED) is 0.583. The summed E-state index contributed by atoms with van der Waals surface area (Å²) in [5.74, 6) is 2.01. The van der Waals surface area contributed by atoms with Crippen LogP contribution in [0.1, 0.15) is 30.9 Å². The molecule has 0 saturated carbocycles. The van der Waals surface area contributed by atoms with Gasteiger partial charge in [0.05, 0.1) is 5.69 Å². The van der Waals surface area contributed by atoms with Crippen molar-refractivity contribution in [3.63, 3.8) is 0 Å². The lowest BCUT2D eigenvalue weighted by atomic mass is 10.0. The molecule has 6 nitrogen and oxygen atoms in total. The number of hydrogen-bond donors (Lipinski definition) is 0. The molecule has 1 saturated heterocycles. The Morgan fingerprint density at radius 2 is 1.72 bits per heavy atom. The van der Waals surface area contributed by atoms with Crippen molar-refractivity contribution in [1.29, 1.82) is 0 Å². The number of benzene rings is 2. The van der Waals surface area contributed by atoms with E-state index in [-0.39, 0.29) is 12.5 Å². The van der Waals surface area contributed by atoms with Crippen LogP contribution in [0.3, 0.4) is 0 Å². The van der Waals surface area contributed by atoms with E-state index in [4.69, 9.17) is 4.74 Å². The summed E-state index contributed by atoms with van der Waals surface area (Å²) in [5.41, 5.74) is 4.17. The van der Waals surface area contributed by atoms with E-state index >= 15 is 0 Å². The molecule has 2 aromatic carbocycles. The number of rotatable bonds is 6. The van der Waals surface area contributed by atoms with E-state index < -0.39 is 0 Å². The van der Waals surface area contributed by atoms with E-state index in [0.717, 1.165) is 47.0 Å². The average Bonchev–Trinajstić information content (AvgIpc) is 2.83. The summed E-state index contributed by atoms with van der Waals surface area (Å²) >= 11 is 0. The van der Waals surface area contributed by atoms with Crippen molar-refractivity contribution in [2.75, 3.05) is 37.7 Å². The predicted molar refractivity (Wildman–Crippen MR) is 127 cm³/mol. The normalized spacial score (nSPS) is 14.0. The molecule has 1 amide bonds. The lowest BCUT2D eigenvalue weighted by Gasteiger charge is -2.35. The van der Waals surface area contributed by atoms with Crippen LogP contribution in [0.2, 0.25) is 0 Å². The van der Waals surface area contributed by atoms with Gasteiger partial charge in [-0.05, 0) is 42.2 Å². The Balaban J connectivity index is 1.31. The summed E-state index contributed by atoms with van der Waals surface area (Å²) in [6, 6.07) is 20.2. The maximum atomic E-state index is 12.7. The van der Waals surface area contributed by atoms with E-state index in [1.807, 2.05) is 60.4 Å². The molecular formula is C26H30N4O2. The highest BCUT2D eigenvalue weighted by atomic mass is 16.5. The summed E-state index contributed by atoms with van der Waals surface area (Å²) in [7, 11) is 0. The minimum absolute atomic E-state index is 0.0198. The van der Waals surface area contributed by atoms with Gasteiger partial charge in [0.15, 0.2) is 12.4 Å². The maximum Gasteiger partial charge on any atom is 0.260 e. The third-order valence-electron chi connectivity index (χ3n) is 5.82. The predicted octanol–water partition coefficient (Wildman–Crippen LogP) is 4.30. The number of anilines is 1. The van der Waals surface area contributed by atoms with E-state index in [2.05, 4.69) is 41.1 Å². The Hall–Kier alpha value is -3.41. The molecule has 32 heavy (non-hydrogen) atoms. The van der Waals surface area contributed by atoms with Gasteiger partial charge >= 0.3 is 0 Å². The Kier molecular flexibility index (Phi) is 6.69. The third-order valence-corrected chi connectivity index (χ3v) is 5.82. The van der Waals surface area contributed by atoms with Gasteiger partial charge in [-0.1, -0.05) is 56.3 Å². The van der Waals surface area contributed by atoms with Crippen molar-refractivity contribution < 1.29 is 9.53 Å². The van der Waals surface area contributed by atoms with Crippen molar-refractivity contribution in [3.8, 4) is 17.0 Å². The molecule has 1 aliphatic rings. The van der Waals surface area contributed by atoms with Crippen molar-refractivity contribution in [2.24, 2.45) is 0 Å². The lowest BCUT2D eigenvalue weighted by Crippen LogP contribution is -2.50. The zero-order valence-corrected chi connectivity index (χ0v) is 19.0. The van der Waals surface area contributed by atoms with Gasteiger partial charge in [0.25, 0.3) is 5.91 Å². The van der Waals surface area contributed by atoms with Crippen LogP contribution in [-0.2, 0) is 4.79 Å². The number of carbonyl (C=O) groups excluding carboxylic acids is 1. The third kappa shape index (κ3) is 5.07. The van der Waals surface area contributed by atoms with Gasteiger partial charge in [-0.3, -0.25) is 4.79 Å². The molecule has 0 aliphatic carbocycles. The first-order chi connectivity index (χ1) is 15.5. The fourth-order valence-corrected chi connectivity index (χ4v) is 3.92. The number of hydrogen-bond acceptors (Lipinski definition) is 5.